The predicted molar refractivity (Wildman–Crippen MR) is 82.7 cm³/mol. The van der Waals surface area contributed by atoms with E-state index in [0.29, 0.717) is 0 Å². The number of amides is 2. The van der Waals surface area contributed by atoms with Gasteiger partial charge >= 0.3 is 0 Å². The Morgan fingerprint density at radius 1 is 0.905 bits per heavy atom. The summed E-state index contributed by atoms with van der Waals surface area (Å²) in [5, 5.41) is 8.16. The number of carbonyl (C=O) groups is 2. The van der Waals surface area contributed by atoms with E-state index in [1.54, 1.807) is 10.8 Å². The van der Waals surface area contributed by atoms with Crippen LogP contribution in [0.5, 0.6) is 0 Å². The molecule has 0 saturated carbocycles. The van der Waals surface area contributed by atoms with Crippen LogP contribution in [0.2, 0.25) is 0 Å². The van der Waals surface area contributed by atoms with Crippen molar-refractivity contribution in [1.82, 2.24) is 0 Å². The third-order valence-corrected chi connectivity index (χ3v) is 7.09. The van der Waals surface area contributed by atoms with Gasteiger partial charge in [0.25, 0.3) is 0 Å². The molecule has 2 aromatic rings. The number of hydrogen-bond acceptors (Lipinski definition) is 6. The summed E-state index contributed by atoms with van der Waals surface area (Å²) in [5.41, 5.74) is 0.490. The van der Waals surface area contributed by atoms with Crippen LogP contribution < -0.4 is 10.6 Å². The Bertz CT molecular complexity index is 729. The first-order chi connectivity index (χ1) is 9.82. The maximum atomic E-state index is 12.7. The second-order valence-corrected chi connectivity index (χ2v) is 8.28. The maximum absolute atomic E-state index is 12.7. The Kier molecular flexibility index (Phi) is 4.45. The minimum absolute atomic E-state index is 0.0479. The second kappa shape index (κ2) is 5.96. The number of sulfone groups is 1. The van der Waals surface area contributed by atoms with E-state index in [1.165, 1.54) is 26.0 Å². The van der Waals surface area contributed by atoms with Crippen LogP contribution in [0.25, 0.3) is 0 Å². The van der Waals surface area contributed by atoms with E-state index in [0.717, 1.165) is 22.7 Å². The summed E-state index contributed by atoms with van der Waals surface area (Å²) < 4.78 is 25.5. The molecule has 0 unspecified atom stereocenters. The number of anilines is 2. The topological polar surface area (TPSA) is 92.3 Å². The molecule has 2 aromatic heterocycles. The molecule has 0 fully saturated rings. The molecule has 0 aliphatic carbocycles. The van der Waals surface area contributed by atoms with Gasteiger partial charge in [0.05, 0.1) is 11.4 Å². The molecule has 112 valence electrons. The monoisotopic (exact) mass is 344 g/mol. The molecule has 9 heteroatoms. The van der Waals surface area contributed by atoms with E-state index < -0.39 is 9.84 Å². The lowest BCUT2D eigenvalue weighted by Crippen LogP contribution is -2.11. The van der Waals surface area contributed by atoms with Gasteiger partial charge in [0, 0.05) is 13.8 Å². The first kappa shape index (κ1) is 15.7. The molecule has 2 N–H and O–H groups in total. The average molecular weight is 344 g/mol. The summed E-state index contributed by atoms with van der Waals surface area (Å²) in [6.07, 6.45) is 0. The van der Waals surface area contributed by atoms with E-state index in [2.05, 4.69) is 10.6 Å². The first-order valence-corrected chi connectivity index (χ1v) is 9.02. The number of rotatable bonds is 4. The Morgan fingerprint density at radius 2 is 1.29 bits per heavy atom. The van der Waals surface area contributed by atoms with Crippen LogP contribution in [0.1, 0.15) is 13.8 Å². The van der Waals surface area contributed by atoms with Crippen LogP contribution >= 0.6 is 22.7 Å². The van der Waals surface area contributed by atoms with Gasteiger partial charge < -0.3 is 10.6 Å². The van der Waals surface area contributed by atoms with Gasteiger partial charge in [-0.05, 0) is 22.9 Å². The molecule has 0 saturated heterocycles. The number of thiophene rings is 2. The second-order valence-electron chi connectivity index (χ2n) is 4.11. The molecule has 2 rings (SSSR count). The quantitative estimate of drug-likeness (QED) is 0.891. The standard InChI is InChI=1S/C12H12N2O4S3/c1-7(15)13-9-3-5-19-11(9)21(17,18)12-10(4-6-20-12)14-8(2)16/h3-6H,1-2H3,(H,13,15)(H,14,16). The molecule has 0 atom stereocenters. The van der Waals surface area contributed by atoms with Crippen LogP contribution in [-0.4, -0.2) is 20.2 Å². The van der Waals surface area contributed by atoms with Crippen molar-refractivity contribution in [2.24, 2.45) is 0 Å². The molecule has 2 amide bonds. The molecular formula is C12H12N2O4S3. The van der Waals surface area contributed by atoms with E-state index in [4.69, 9.17) is 0 Å². The Labute approximate surface area is 129 Å². The molecule has 0 aromatic carbocycles. The van der Waals surface area contributed by atoms with Crippen molar-refractivity contribution >= 4 is 55.7 Å². The van der Waals surface area contributed by atoms with E-state index in [9.17, 15) is 18.0 Å². The van der Waals surface area contributed by atoms with Crippen molar-refractivity contribution in [2.75, 3.05) is 10.6 Å². The van der Waals surface area contributed by atoms with Crippen molar-refractivity contribution in [3.63, 3.8) is 0 Å². The highest BCUT2D eigenvalue weighted by Gasteiger charge is 2.27. The van der Waals surface area contributed by atoms with Gasteiger partial charge in [-0.2, -0.15) is 0 Å². The molecule has 21 heavy (non-hydrogen) atoms. The molecule has 2 heterocycles. The Hall–Kier alpha value is -1.71. The third-order valence-electron chi connectivity index (χ3n) is 2.37. The highest BCUT2D eigenvalue weighted by atomic mass is 32.3. The van der Waals surface area contributed by atoms with Gasteiger partial charge in [0.15, 0.2) is 0 Å². The lowest BCUT2D eigenvalue weighted by Gasteiger charge is -2.07. The molecule has 0 spiro atoms. The van der Waals surface area contributed by atoms with Gasteiger partial charge in [0.1, 0.15) is 8.42 Å². The van der Waals surface area contributed by atoms with E-state index >= 15 is 0 Å². The Balaban J connectivity index is 2.48. The minimum Gasteiger partial charge on any atom is -0.324 e. The van der Waals surface area contributed by atoms with Crippen LogP contribution in [0.4, 0.5) is 11.4 Å². The van der Waals surface area contributed by atoms with Gasteiger partial charge in [-0.15, -0.1) is 22.7 Å². The van der Waals surface area contributed by atoms with Crippen LogP contribution in [0.3, 0.4) is 0 Å². The third kappa shape index (κ3) is 3.31. The van der Waals surface area contributed by atoms with Crippen molar-refractivity contribution in [3.05, 3.63) is 22.9 Å². The molecule has 6 nitrogen and oxygen atoms in total. The first-order valence-electron chi connectivity index (χ1n) is 5.77. The smallest absolute Gasteiger partial charge is 0.229 e. The zero-order valence-corrected chi connectivity index (χ0v) is 13.6. The molecule has 0 radical (unpaired) electrons. The molecule has 0 bridgehead atoms. The highest BCUT2D eigenvalue weighted by molar-refractivity contribution is 7.95. The van der Waals surface area contributed by atoms with Crippen LogP contribution in [0.15, 0.2) is 31.3 Å². The Morgan fingerprint density at radius 3 is 1.62 bits per heavy atom. The van der Waals surface area contributed by atoms with Gasteiger partial charge in [-0.1, -0.05) is 0 Å². The van der Waals surface area contributed by atoms with Crippen molar-refractivity contribution in [3.8, 4) is 0 Å². The fourth-order valence-electron chi connectivity index (χ4n) is 1.66. The lowest BCUT2D eigenvalue weighted by atomic mass is 10.5. The van der Waals surface area contributed by atoms with Crippen LogP contribution in [0, 0.1) is 0 Å². The zero-order valence-electron chi connectivity index (χ0n) is 11.2. The maximum Gasteiger partial charge on any atom is 0.229 e. The fraction of sp³-hybridized carbons (Fsp3) is 0.167. The summed E-state index contributed by atoms with van der Waals surface area (Å²) >= 11 is 2.03. The normalized spacial score (nSPS) is 11.1. The van der Waals surface area contributed by atoms with Gasteiger partial charge in [-0.25, -0.2) is 8.42 Å². The van der Waals surface area contributed by atoms with Crippen molar-refractivity contribution in [1.29, 1.82) is 0 Å². The van der Waals surface area contributed by atoms with E-state index in [1.807, 2.05) is 0 Å². The summed E-state index contributed by atoms with van der Waals surface area (Å²) in [4.78, 5) is 22.3. The predicted octanol–water partition coefficient (Wildman–Crippen LogP) is 2.56. The average Bonchev–Trinajstić information content (AvgIpc) is 2.96. The summed E-state index contributed by atoms with van der Waals surface area (Å²) in [7, 11) is -3.80. The molecule has 0 aliphatic heterocycles. The SMILES string of the molecule is CC(=O)Nc1ccsc1S(=O)(=O)c1sccc1NC(C)=O. The molecular weight excluding hydrogens is 332 g/mol. The zero-order chi connectivity index (χ0) is 15.6. The number of carbonyl (C=O) groups excluding carboxylic acids is 2. The number of hydrogen-bond donors (Lipinski definition) is 2. The minimum atomic E-state index is -3.80. The lowest BCUT2D eigenvalue weighted by molar-refractivity contribution is -0.115. The van der Waals surface area contributed by atoms with Crippen molar-refractivity contribution in [2.45, 2.75) is 22.3 Å². The van der Waals surface area contributed by atoms with Gasteiger partial charge in [0.2, 0.25) is 21.7 Å². The number of nitrogens with one attached hydrogen (secondary N) is 2. The van der Waals surface area contributed by atoms with E-state index in [-0.39, 0.29) is 31.6 Å². The summed E-state index contributed by atoms with van der Waals surface area (Å²) in [6, 6.07) is 3.06. The van der Waals surface area contributed by atoms with Crippen molar-refractivity contribution < 1.29 is 18.0 Å². The molecule has 0 aliphatic rings. The fourth-order valence-corrected chi connectivity index (χ4v) is 5.79. The van der Waals surface area contributed by atoms with Gasteiger partial charge in [-0.3, -0.25) is 9.59 Å². The summed E-state index contributed by atoms with van der Waals surface area (Å²) in [6.45, 7) is 2.61. The largest absolute Gasteiger partial charge is 0.324 e. The van der Waals surface area contributed by atoms with Crippen LogP contribution in [-0.2, 0) is 19.4 Å². The summed E-state index contributed by atoms with van der Waals surface area (Å²) in [5.74, 6) is -0.698. The highest BCUT2D eigenvalue weighted by Crippen LogP contribution is 2.38.